The van der Waals surface area contributed by atoms with E-state index in [0.717, 1.165) is 27.9 Å². The number of nitrogens with one attached hydrogen (secondary N) is 1. The van der Waals surface area contributed by atoms with E-state index in [4.69, 9.17) is 4.42 Å². The van der Waals surface area contributed by atoms with Crippen LogP contribution in [0.15, 0.2) is 108 Å². The quantitative estimate of drug-likeness (QED) is 0.347. The van der Waals surface area contributed by atoms with Gasteiger partial charge in [-0.05, 0) is 5.56 Å². The maximum absolute atomic E-state index is 10.0. The first kappa shape index (κ1) is 19.3. The van der Waals surface area contributed by atoms with Crippen LogP contribution in [0, 0.1) is 11.3 Å². The highest BCUT2D eigenvalue weighted by Crippen LogP contribution is 2.42. The Labute approximate surface area is 185 Å². The summed E-state index contributed by atoms with van der Waals surface area (Å²) in [6.07, 6.45) is 1.50. The second kappa shape index (κ2) is 8.58. The van der Waals surface area contributed by atoms with Gasteiger partial charge in [-0.15, -0.1) is 0 Å². The molecular formula is C27H18N4O. The van der Waals surface area contributed by atoms with Crippen LogP contribution in [0.25, 0.3) is 33.7 Å². The van der Waals surface area contributed by atoms with Gasteiger partial charge in [0, 0.05) is 22.8 Å². The van der Waals surface area contributed by atoms with Crippen LogP contribution < -0.4 is 5.32 Å². The highest BCUT2D eigenvalue weighted by molar-refractivity contribution is 5.89. The summed E-state index contributed by atoms with van der Waals surface area (Å²) in [6.45, 7) is 0. The SMILES string of the molecule is N#Cc1c(Nc2cc(-c3ccccc3)ncn2)oc(-c2ccccc2)c1-c1ccccc1. The van der Waals surface area contributed by atoms with Crippen LogP contribution in [0.4, 0.5) is 11.7 Å². The zero-order valence-corrected chi connectivity index (χ0v) is 17.1. The Morgan fingerprint density at radius 3 is 1.94 bits per heavy atom. The lowest BCUT2D eigenvalue weighted by molar-refractivity contribution is 0.600. The van der Waals surface area contributed by atoms with Crippen molar-refractivity contribution in [2.24, 2.45) is 0 Å². The van der Waals surface area contributed by atoms with E-state index in [2.05, 4.69) is 21.4 Å². The smallest absolute Gasteiger partial charge is 0.217 e. The molecule has 0 amide bonds. The third-order valence-corrected chi connectivity index (χ3v) is 5.10. The van der Waals surface area contributed by atoms with Gasteiger partial charge in [-0.1, -0.05) is 91.0 Å². The summed E-state index contributed by atoms with van der Waals surface area (Å²) < 4.78 is 6.23. The van der Waals surface area contributed by atoms with E-state index >= 15 is 0 Å². The maximum Gasteiger partial charge on any atom is 0.217 e. The number of rotatable bonds is 5. The summed E-state index contributed by atoms with van der Waals surface area (Å²) in [6, 6.07) is 33.6. The Kier molecular flexibility index (Phi) is 5.17. The molecule has 152 valence electrons. The van der Waals surface area contributed by atoms with Crippen molar-refractivity contribution >= 4 is 11.7 Å². The van der Waals surface area contributed by atoms with Crippen molar-refractivity contribution in [2.75, 3.05) is 5.32 Å². The van der Waals surface area contributed by atoms with E-state index in [0.29, 0.717) is 23.0 Å². The number of hydrogen-bond donors (Lipinski definition) is 1. The maximum atomic E-state index is 10.0. The van der Waals surface area contributed by atoms with Crippen LogP contribution in [0.3, 0.4) is 0 Å². The lowest BCUT2D eigenvalue weighted by Gasteiger charge is -2.05. The molecule has 0 aliphatic rings. The molecule has 0 saturated heterocycles. The summed E-state index contributed by atoms with van der Waals surface area (Å²) in [7, 11) is 0. The summed E-state index contributed by atoms with van der Waals surface area (Å²) >= 11 is 0. The lowest BCUT2D eigenvalue weighted by atomic mass is 9.98. The average molecular weight is 414 g/mol. The Morgan fingerprint density at radius 2 is 1.31 bits per heavy atom. The van der Waals surface area contributed by atoms with E-state index in [1.165, 1.54) is 6.33 Å². The molecule has 0 atom stereocenters. The molecule has 0 radical (unpaired) electrons. The minimum atomic E-state index is 0.350. The third kappa shape index (κ3) is 3.73. The van der Waals surface area contributed by atoms with Gasteiger partial charge in [0.25, 0.3) is 0 Å². The first-order chi connectivity index (χ1) is 15.8. The van der Waals surface area contributed by atoms with E-state index in [9.17, 15) is 5.26 Å². The zero-order chi connectivity index (χ0) is 21.8. The lowest BCUT2D eigenvalue weighted by Crippen LogP contribution is -1.96. The van der Waals surface area contributed by atoms with E-state index in [-0.39, 0.29) is 0 Å². The van der Waals surface area contributed by atoms with Gasteiger partial charge in [0.05, 0.1) is 5.69 Å². The molecule has 5 aromatic rings. The molecule has 2 heterocycles. The van der Waals surface area contributed by atoms with Gasteiger partial charge >= 0.3 is 0 Å². The van der Waals surface area contributed by atoms with Gasteiger partial charge in [0.1, 0.15) is 29.5 Å². The molecule has 2 aromatic heterocycles. The normalized spacial score (nSPS) is 10.5. The molecule has 32 heavy (non-hydrogen) atoms. The highest BCUT2D eigenvalue weighted by Gasteiger charge is 2.23. The molecule has 0 unspecified atom stereocenters. The fourth-order valence-electron chi connectivity index (χ4n) is 3.61. The molecule has 0 bridgehead atoms. The van der Waals surface area contributed by atoms with Crippen LogP contribution in [0.5, 0.6) is 0 Å². The van der Waals surface area contributed by atoms with Crippen LogP contribution in [0.1, 0.15) is 5.56 Å². The highest BCUT2D eigenvalue weighted by atomic mass is 16.4. The Balaban J connectivity index is 1.61. The van der Waals surface area contributed by atoms with E-state index in [1.54, 1.807) is 0 Å². The number of aromatic nitrogens is 2. The van der Waals surface area contributed by atoms with Crippen molar-refractivity contribution in [3.63, 3.8) is 0 Å². The standard InChI is InChI=1S/C27H18N4O/c28-17-22-25(20-12-6-2-7-13-20)26(21-14-8-3-9-15-21)32-27(22)31-24-16-23(29-18-30-24)19-10-4-1-5-11-19/h1-16,18H,(H,29,30,31). The molecule has 5 heteroatoms. The van der Waals surface area contributed by atoms with Crippen molar-refractivity contribution in [2.45, 2.75) is 0 Å². The molecule has 3 aromatic carbocycles. The third-order valence-electron chi connectivity index (χ3n) is 5.10. The summed E-state index contributed by atoms with van der Waals surface area (Å²) in [5, 5.41) is 13.2. The van der Waals surface area contributed by atoms with Crippen molar-refractivity contribution in [1.29, 1.82) is 5.26 Å². The number of nitrogens with zero attached hydrogens (tertiary/aromatic N) is 3. The van der Waals surface area contributed by atoms with Gasteiger partial charge in [-0.25, -0.2) is 9.97 Å². The van der Waals surface area contributed by atoms with Crippen LogP contribution in [-0.2, 0) is 0 Å². The number of furan rings is 1. The predicted octanol–water partition coefficient (Wildman–Crippen LogP) is 6.69. The molecule has 0 fully saturated rings. The summed E-state index contributed by atoms with van der Waals surface area (Å²) in [4.78, 5) is 8.69. The number of hydrogen-bond acceptors (Lipinski definition) is 5. The average Bonchev–Trinajstić information content (AvgIpc) is 3.24. The fourth-order valence-corrected chi connectivity index (χ4v) is 3.61. The van der Waals surface area contributed by atoms with Crippen molar-refractivity contribution in [3.8, 4) is 39.8 Å². The summed E-state index contributed by atoms with van der Waals surface area (Å²) in [5.74, 6) is 1.53. The topological polar surface area (TPSA) is 74.7 Å². The molecule has 5 rings (SSSR count). The van der Waals surface area contributed by atoms with Crippen molar-refractivity contribution in [1.82, 2.24) is 9.97 Å². The Hall–Kier alpha value is -4.69. The van der Waals surface area contributed by atoms with Crippen LogP contribution in [-0.4, -0.2) is 9.97 Å². The number of nitriles is 1. The number of benzene rings is 3. The van der Waals surface area contributed by atoms with Crippen LogP contribution >= 0.6 is 0 Å². The molecular weight excluding hydrogens is 396 g/mol. The van der Waals surface area contributed by atoms with Gasteiger partial charge < -0.3 is 9.73 Å². The van der Waals surface area contributed by atoms with Gasteiger partial charge in [-0.3, -0.25) is 0 Å². The van der Waals surface area contributed by atoms with Gasteiger partial charge in [0.2, 0.25) is 5.88 Å². The molecule has 1 N–H and O–H groups in total. The Morgan fingerprint density at radius 1 is 0.719 bits per heavy atom. The molecule has 5 nitrogen and oxygen atoms in total. The molecule has 0 spiro atoms. The van der Waals surface area contributed by atoms with Gasteiger partial charge in [0.15, 0.2) is 0 Å². The first-order valence-corrected chi connectivity index (χ1v) is 10.2. The number of anilines is 2. The van der Waals surface area contributed by atoms with Gasteiger partial charge in [-0.2, -0.15) is 5.26 Å². The minimum Gasteiger partial charge on any atom is -0.438 e. The predicted molar refractivity (Wildman–Crippen MR) is 125 cm³/mol. The summed E-state index contributed by atoms with van der Waals surface area (Å²) in [5.41, 5.74) is 4.73. The van der Waals surface area contributed by atoms with Crippen LogP contribution in [0.2, 0.25) is 0 Å². The fraction of sp³-hybridized carbons (Fsp3) is 0. The van der Waals surface area contributed by atoms with E-state index < -0.39 is 0 Å². The molecule has 0 aliphatic heterocycles. The minimum absolute atomic E-state index is 0.350. The second-order valence-corrected chi connectivity index (χ2v) is 7.13. The molecule has 0 aliphatic carbocycles. The second-order valence-electron chi connectivity index (χ2n) is 7.13. The monoisotopic (exact) mass is 414 g/mol. The Bertz CT molecular complexity index is 1390. The van der Waals surface area contributed by atoms with E-state index in [1.807, 2.05) is 97.1 Å². The largest absolute Gasteiger partial charge is 0.438 e. The zero-order valence-electron chi connectivity index (χ0n) is 17.1. The van der Waals surface area contributed by atoms with Crippen molar-refractivity contribution in [3.05, 3.63) is 109 Å². The first-order valence-electron chi connectivity index (χ1n) is 10.2. The molecule has 0 saturated carbocycles. The van der Waals surface area contributed by atoms with Crippen molar-refractivity contribution < 1.29 is 4.42 Å².